The minimum atomic E-state index is -0.378. The molecule has 0 radical (unpaired) electrons. The van der Waals surface area contributed by atoms with Gasteiger partial charge in [-0.05, 0) is 43.8 Å². The Morgan fingerprint density at radius 1 is 1.14 bits per heavy atom. The first-order valence-corrected chi connectivity index (χ1v) is 10.2. The summed E-state index contributed by atoms with van der Waals surface area (Å²) in [6.45, 7) is 6.51. The predicted molar refractivity (Wildman–Crippen MR) is 116 cm³/mol. The maximum atomic E-state index is 12.9. The maximum absolute atomic E-state index is 12.9. The number of aryl methyl sites for hydroxylation is 1. The van der Waals surface area contributed by atoms with Gasteiger partial charge >= 0.3 is 5.97 Å². The highest BCUT2D eigenvalue weighted by Gasteiger charge is 2.22. The van der Waals surface area contributed by atoms with Crippen molar-refractivity contribution in [2.45, 2.75) is 13.5 Å². The van der Waals surface area contributed by atoms with Crippen LogP contribution >= 0.6 is 11.6 Å². The van der Waals surface area contributed by atoms with E-state index in [1.54, 1.807) is 12.3 Å². The summed E-state index contributed by atoms with van der Waals surface area (Å²) in [4.78, 5) is 22.1. The van der Waals surface area contributed by atoms with Crippen molar-refractivity contribution in [3.63, 3.8) is 0 Å². The van der Waals surface area contributed by atoms with Crippen molar-refractivity contribution in [1.29, 1.82) is 0 Å². The van der Waals surface area contributed by atoms with E-state index in [4.69, 9.17) is 16.3 Å². The minimum Gasteiger partial charge on any atom is -0.420 e. The molecule has 1 aliphatic heterocycles. The molecule has 6 heteroatoms. The number of aromatic nitrogens is 1. The third kappa shape index (κ3) is 4.27. The zero-order chi connectivity index (χ0) is 20.4. The van der Waals surface area contributed by atoms with Gasteiger partial charge in [0.15, 0.2) is 5.75 Å². The molecule has 1 saturated heterocycles. The number of fused-ring (bicyclic) bond motifs is 1. The van der Waals surface area contributed by atoms with Gasteiger partial charge in [-0.3, -0.25) is 9.88 Å². The molecule has 0 amide bonds. The van der Waals surface area contributed by atoms with Crippen molar-refractivity contribution in [2.24, 2.45) is 0 Å². The number of halogens is 1. The van der Waals surface area contributed by atoms with E-state index in [0.717, 1.165) is 42.7 Å². The largest absolute Gasteiger partial charge is 0.420 e. The Hall–Kier alpha value is -2.47. The van der Waals surface area contributed by atoms with E-state index in [1.807, 2.05) is 43.3 Å². The van der Waals surface area contributed by atoms with Crippen LogP contribution in [0.1, 0.15) is 21.5 Å². The Morgan fingerprint density at radius 2 is 1.90 bits per heavy atom. The number of carbonyl (C=O) groups excluding carboxylic acids is 1. The summed E-state index contributed by atoms with van der Waals surface area (Å²) in [6.07, 6.45) is 1.70. The first-order chi connectivity index (χ1) is 14.0. The number of hydrogen-bond donors (Lipinski definition) is 0. The highest BCUT2D eigenvalue weighted by molar-refractivity contribution is 6.35. The Bertz CT molecular complexity index is 1050. The first-order valence-electron chi connectivity index (χ1n) is 9.78. The molecule has 2 heterocycles. The van der Waals surface area contributed by atoms with Gasteiger partial charge < -0.3 is 9.64 Å². The van der Waals surface area contributed by atoms with Crippen molar-refractivity contribution in [2.75, 3.05) is 33.2 Å². The van der Waals surface area contributed by atoms with Crippen LogP contribution in [0.5, 0.6) is 5.75 Å². The number of pyridine rings is 1. The lowest BCUT2D eigenvalue weighted by molar-refractivity contribution is 0.0731. The van der Waals surface area contributed by atoms with Gasteiger partial charge in [0.05, 0.1) is 10.6 Å². The van der Waals surface area contributed by atoms with Crippen LogP contribution in [0.15, 0.2) is 48.7 Å². The SMILES string of the molecule is Cc1ccccc1C(=O)Oc1c(CN2CCN(C)CC2)cc(Cl)c2cccnc12. The number of esters is 1. The highest BCUT2D eigenvalue weighted by atomic mass is 35.5. The van der Waals surface area contributed by atoms with Crippen molar-refractivity contribution >= 4 is 28.5 Å². The molecule has 1 aliphatic rings. The number of rotatable bonds is 4. The standard InChI is InChI=1S/C23H24ClN3O2/c1-16-6-3-4-7-18(16)23(28)29-22-17(15-27-12-10-26(2)11-13-27)14-20(24)19-8-5-9-25-21(19)22/h3-9,14H,10-13,15H2,1-2H3. The molecule has 0 aliphatic carbocycles. The van der Waals surface area contributed by atoms with Crippen molar-refractivity contribution in [3.05, 3.63) is 70.4 Å². The van der Waals surface area contributed by atoms with Gasteiger partial charge in [0.25, 0.3) is 0 Å². The highest BCUT2D eigenvalue weighted by Crippen LogP contribution is 2.35. The summed E-state index contributed by atoms with van der Waals surface area (Å²) in [5, 5.41) is 1.40. The molecule has 0 N–H and O–H groups in total. The molecule has 150 valence electrons. The number of carbonyl (C=O) groups is 1. The number of nitrogens with zero attached hydrogens (tertiary/aromatic N) is 3. The molecule has 1 aromatic heterocycles. The van der Waals surface area contributed by atoms with Crippen LogP contribution in [-0.2, 0) is 6.54 Å². The van der Waals surface area contributed by atoms with Gasteiger partial charge in [-0.1, -0.05) is 29.8 Å². The second-order valence-electron chi connectivity index (χ2n) is 7.53. The summed E-state index contributed by atoms with van der Waals surface area (Å²) < 4.78 is 5.95. The topological polar surface area (TPSA) is 45.7 Å². The van der Waals surface area contributed by atoms with Gasteiger partial charge in [-0.2, -0.15) is 0 Å². The summed E-state index contributed by atoms with van der Waals surface area (Å²) in [7, 11) is 2.13. The van der Waals surface area contributed by atoms with Crippen LogP contribution in [-0.4, -0.2) is 54.0 Å². The lowest BCUT2D eigenvalue weighted by Gasteiger charge is -2.32. The fourth-order valence-corrected chi connectivity index (χ4v) is 3.94. The summed E-state index contributed by atoms with van der Waals surface area (Å²) in [5.41, 5.74) is 2.93. The van der Waals surface area contributed by atoms with Crippen LogP contribution < -0.4 is 4.74 Å². The van der Waals surface area contributed by atoms with Gasteiger partial charge in [0.1, 0.15) is 5.52 Å². The van der Waals surface area contributed by atoms with Crippen molar-refractivity contribution < 1.29 is 9.53 Å². The van der Waals surface area contributed by atoms with Crippen LogP contribution in [0.25, 0.3) is 10.9 Å². The van der Waals surface area contributed by atoms with Gasteiger partial charge in [-0.15, -0.1) is 0 Å². The Morgan fingerprint density at radius 3 is 2.66 bits per heavy atom. The molecule has 0 unspecified atom stereocenters. The first kappa shape index (κ1) is 19.8. The predicted octanol–water partition coefficient (Wildman–Crippen LogP) is 4.16. The number of likely N-dealkylation sites (N-methyl/N-ethyl adjacent to an activating group) is 1. The van der Waals surface area contributed by atoms with Gasteiger partial charge in [0, 0.05) is 49.9 Å². The fourth-order valence-electron chi connectivity index (χ4n) is 3.66. The maximum Gasteiger partial charge on any atom is 0.343 e. The Labute approximate surface area is 175 Å². The minimum absolute atomic E-state index is 0.378. The molecule has 0 spiro atoms. The third-order valence-corrected chi connectivity index (χ3v) is 5.73. The fraction of sp³-hybridized carbons (Fsp3) is 0.304. The van der Waals surface area contributed by atoms with Crippen LogP contribution in [0, 0.1) is 6.92 Å². The zero-order valence-corrected chi connectivity index (χ0v) is 17.4. The van der Waals surface area contributed by atoms with E-state index in [1.165, 1.54) is 0 Å². The molecule has 1 fully saturated rings. The monoisotopic (exact) mass is 409 g/mol. The average molecular weight is 410 g/mol. The Balaban J connectivity index is 1.73. The molecule has 3 aromatic rings. The quantitative estimate of drug-likeness (QED) is 0.478. The number of ether oxygens (including phenoxy) is 1. The van der Waals surface area contributed by atoms with Crippen molar-refractivity contribution in [1.82, 2.24) is 14.8 Å². The van der Waals surface area contributed by atoms with Crippen molar-refractivity contribution in [3.8, 4) is 5.75 Å². The lowest BCUT2D eigenvalue weighted by atomic mass is 10.1. The van der Waals surface area contributed by atoms with Gasteiger partial charge in [0.2, 0.25) is 0 Å². The molecule has 29 heavy (non-hydrogen) atoms. The van der Waals surface area contributed by atoms with Gasteiger partial charge in [-0.25, -0.2) is 4.79 Å². The average Bonchev–Trinajstić information content (AvgIpc) is 2.73. The third-order valence-electron chi connectivity index (χ3n) is 5.42. The smallest absolute Gasteiger partial charge is 0.343 e. The van der Waals surface area contributed by atoms with E-state index in [-0.39, 0.29) is 5.97 Å². The van der Waals surface area contributed by atoms with E-state index in [2.05, 4.69) is 21.8 Å². The molecule has 0 atom stereocenters. The van der Waals surface area contributed by atoms with Crippen LogP contribution in [0.2, 0.25) is 5.02 Å². The molecule has 4 rings (SSSR count). The number of hydrogen-bond acceptors (Lipinski definition) is 5. The number of benzene rings is 2. The second-order valence-corrected chi connectivity index (χ2v) is 7.94. The summed E-state index contributed by atoms with van der Waals surface area (Å²) in [6, 6.07) is 13.1. The van der Waals surface area contributed by atoms with Crippen LogP contribution in [0.3, 0.4) is 0 Å². The molecular weight excluding hydrogens is 386 g/mol. The molecule has 2 aromatic carbocycles. The van der Waals surface area contributed by atoms with E-state index >= 15 is 0 Å². The van der Waals surface area contributed by atoms with E-state index < -0.39 is 0 Å². The molecular formula is C23H24ClN3O2. The summed E-state index contributed by atoms with van der Waals surface area (Å²) >= 11 is 6.55. The molecule has 0 saturated carbocycles. The zero-order valence-electron chi connectivity index (χ0n) is 16.7. The van der Waals surface area contributed by atoms with E-state index in [9.17, 15) is 4.79 Å². The van der Waals surface area contributed by atoms with E-state index in [0.29, 0.717) is 28.4 Å². The second kappa shape index (κ2) is 8.49. The normalized spacial score (nSPS) is 15.6. The van der Waals surface area contributed by atoms with Crippen LogP contribution in [0.4, 0.5) is 0 Å². The lowest BCUT2D eigenvalue weighted by Crippen LogP contribution is -2.43. The number of piperazine rings is 1. The Kier molecular flexibility index (Phi) is 5.81. The summed E-state index contributed by atoms with van der Waals surface area (Å²) in [5.74, 6) is 0.120. The molecule has 0 bridgehead atoms. The molecule has 5 nitrogen and oxygen atoms in total.